The molecule has 0 bridgehead atoms. The van der Waals surface area contributed by atoms with E-state index in [1.807, 2.05) is 0 Å². The Morgan fingerprint density at radius 3 is 3.18 bits per heavy atom. The van der Waals surface area contributed by atoms with E-state index in [4.69, 9.17) is 10.5 Å². The summed E-state index contributed by atoms with van der Waals surface area (Å²) in [5.41, 5.74) is 5.75. The molecule has 1 aromatic rings. The lowest BCUT2D eigenvalue weighted by molar-refractivity contribution is 0.187. The maximum atomic E-state index is 5.75. The van der Waals surface area contributed by atoms with Gasteiger partial charge in [0.05, 0.1) is 6.04 Å². The molecule has 0 aliphatic rings. The van der Waals surface area contributed by atoms with Crippen molar-refractivity contribution in [3.63, 3.8) is 0 Å². The fourth-order valence-electron chi connectivity index (χ4n) is 0.862. The van der Waals surface area contributed by atoms with Crippen LogP contribution >= 0.6 is 0 Å². The van der Waals surface area contributed by atoms with Crippen LogP contribution in [0.4, 0.5) is 0 Å². The normalized spacial score (nSPS) is 13.3. The van der Waals surface area contributed by atoms with E-state index in [9.17, 15) is 0 Å². The number of aromatic nitrogens is 2. The lowest BCUT2D eigenvalue weighted by atomic mass is 10.2. The van der Waals surface area contributed by atoms with E-state index in [-0.39, 0.29) is 6.04 Å². The number of imidazole rings is 1. The molecular weight excluding hydrogens is 142 g/mol. The van der Waals surface area contributed by atoms with Gasteiger partial charge in [0, 0.05) is 26.1 Å². The first-order valence-corrected chi connectivity index (χ1v) is 3.58. The van der Waals surface area contributed by atoms with Crippen LogP contribution < -0.4 is 5.73 Å². The van der Waals surface area contributed by atoms with Crippen molar-refractivity contribution in [1.29, 1.82) is 0 Å². The van der Waals surface area contributed by atoms with Gasteiger partial charge in [-0.2, -0.15) is 0 Å². The zero-order valence-corrected chi connectivity index (χ0v) is 6.58. The highest BCUT2D eigenvalue weighted by atomic mass is 16.5. The van der Waals surface area contributed by atoms with Crippen molar-refractivity contribution in [2.24, 2.45) is 5.73 Å². The number of nitrogens with two attached hydrogens (primary N) is 1. The molecule has 1 heterocycles. The van der Waals surface area contributed by atoms with Crippen molar-refractivity contribution in [3.05, 3.63) is 18.2 Å². The van der Waals surface area contributed by atoms with Crippen LogP contribution in [0.3, 0.4) is 0 Å². The van der Waals surface area contributed by atoms with Gasteiger partial charge in [-0.1, -0.05) is 0 Å². The molecule has 0 amide bonds. The highest BCUT2D eigenvalue weighted by Gasteiger charge is 2.06. The van der Waals surface area contributed by atoms with Gasteiger partial charge >= 0.3 is 0 Å². The molecule has 0 saturated heterocycles. The Balaban J connectivity index is 2.36. The standard InChI is InChI=1S/C7H13N3O/c1-11-5-2-6(8)7-9-3-4-10-7/h3-4,6H,2,5,8H2,1H3,(H,9,10). The molecule has 0 radical (unpaired) electrons. The predicted octanol–water partition coefficient (Wildman–Crippen LogP) is 0.446. The molecule has 11 heavy (non-hydrogen) atoms. The maximum Gasteiger partial charge on any atom is 0.123 e. The molecule has 4 nitrogen and oxygen atoms in total. The molecule has 1 unspecified atom stereocenters. The summed E-state index contributed by atoms with van der Waals surface area (Å²) in [5, 5.41) is 0. The van der Waals surface area contributed by atoms with Crippen LogP contribution in [0, 0.1) is 0 Å². The quantitative estimate of drug-likeness (QED) is 0.663. The van der Waals surface area contributed by atoms with E-state index in [0.29, 0.717) is 6.61 Å². The molecule has 0 fully saturated rings. The Morgan fingerprint density at radius 1 is 1.82 bits per heavy atom. The smallest absolute Gasteiger partial charge is 0.123 e. The molecule has 3 N–H and O–H groups in total. The minimum absolute atomic E-state index is 0.0371. The molecule has 0 aromatic carbocycles. The van der Waals surface area contributed by atoms with Crippen molar-refractivity contribution in [3.8, 4) is 0 Å². The lowest BCUT2D eigenvalue weighted by Crippen LogP contribution is -2.14. The van der Waals surface area contributed by atoms with Gasteiger partial charge in [-0.3, -0.25) is 0 Å². The highest BCUT2D eigenvalue weighted by Crippen LogP contribution is 2.06. The van der Waals surface area contributed by atoms with Crippen molar-refractivity contribution >= 4 is 0 Å². The van der Waals surface area contributed by atoms with Crippen LogP contribution in [0.15, 0.2) is 12.4 Å². The number of rotatable bonds is 4. The second-order valence-electron chi connectivity index (χ2n) is 2.36. The average Bonchev–Trinajstić information content (AvgIpc) is 2.52. The minimum atomic E-state index is -0.0371. The summed E-state index contributed by atoms with van der Waals surface area (Å²) in [6.45, 7) is 0.669. The summed E-state index contributed by atoms with van der Waals surface area (Å²) in [6.07, 6.45) is 4.26. The number of H-pyrrole nitrogens is 1. The molecule has 1 aromatic heterocycles. The molecule has 1 rings (SSSR count). The number of aromatic amines is 1. The highest BCUT2D eigenvalue weighted by molar-refractivity contribution is 4.93. The van der Waals surface area contributed by atoms with Gasteiger partial charge in [-0.25, -0.2) is 4.98 Å². The molecule has 0 saturated carbocycles. The van der Waals surface area contributed by atoms with Crippen molar-refractivity contribution in [2.75, 3.05) is 13.7 Å². The maximum absolute atomic E-state index is 5.75. The van der Waals surface area contributed by atoms with Crippen LogP contribution in [0.2, 0.25) is 0 Å². The van der Waals surface area contributed by atoms with Gasteiger partial charge in [0.25, 0.3) is 0 Å². The minimum Gasteiger partial charge on any atom is -0.385 e. The van der Waals surface area contributed by atoms with Crippen molar-refractivity contribution in [1.82, 2.24) is 9.97 Å². The first-order valence-electron chi connectivity index (χ1n) is 3.58. The average molecular weight is 155 g/mol. The third-order valence-corrected chi connectivity index (χ3v) is 1.50. The van der Waals surface area contributed by atoms with E-state index in [1.54, 1.807) is 19.5 Å². The Kier molecular flexibility index (Phi) is 3.07. The third-order valence-electron chi connectivity index (χ3n) is 1.50. The van der Waals surface area contributed by atoms with Gasteiger partial charge in [-0.05, 0) is 6.42 Å². The molecule has 0 aliphatic heterocycles. The second kappa shape index (κ2) is 4.10. The topological polar surface area (TPSA) is 63.9 Å². The summed E-state index contributed by atoms with van der Waals surface area (Å²) in [7, 11) is 1.66. The third kappa shape index (κ3) is 2.32. The first kappa shape index (κ1) is 8.23. The number of ether oxygens (including phenoxy) is 1. The van der Waals surface area contributed by atoms with Crippen LogP contribution in [-0.4, -0.2) is 23.7 Å². The van der Waals surface area contributed by atoms with Gasteiger partial charge in [-0.15, -0.1) is 0 Å². The Hall–Kier alpha value is -0.870. The molecular formula is C7H13N3O. The monoisotopic (exact) mass is 155 g/mol. The van der Waals surface area contributed by atoms with E-state index in [2.05, 4.69) is 9.97 Å². The Morgan fingerprint density at radius 2 is 2.64 bits per heavy atom. The van der Waals surface area contributed by atoms with E-state index in [1.165, 1.54) is 0 Å². The number of nitrogens with one attached hydrogen (secondary N) is 1. The van der Waals surface area contributed by atoms with Crippen LogP contribution in [-0.2, 0) is 4.74 Å². The van der Waals surface area contributed by atoms with Crippen LogP contribution in [0.5, 0.6) is 0 Å². The number of methoxy groups -OCH3 is 1. The van der Waals surface area contributed by atoms with Crippen LogP contribution in [0.25, 0.3) is 0 Å². The van der Waals surface area contributed by atoms with Gasteiger partial charge in [0.1, 0.15) is 5.82 Å². The molecule has 4 heteroatoms. The summed E-state index contributed by atoms with van der Waals surface area (Å²) in [5.74, 6) is 0.821. The van der Waals surface area contributed by atoms with Gasteiger partial charge in [0.2, 0.25) is 0 Å². The SMILES string of the molecule is COCCC(N)c1ncc[nH]1. The summed E-state index contributed by atoms with van der Waals surface area (Å²) < 4.78 is 4.89. The van der Waals surface area contributed by atoms with E-state index >= 15 is 0 Å². The molecule has 0 aliphatic carbocycles. The predicted molar refractivity (Wildman–Crippen MR) is 42.0 cm³/mol. The first-order chi connectivity index (χ1) is 5.34. The zero-order valence-electron chi connectivity index (χ0n) is 6.58. The van der Waals surface area contributed by atoms with Gasteiger partial charge in [0.15, 0.2) is 0 Å². The number of hydrogen-bond acceptors (Lipinski definition) is 3. The molecule has 0 spiro atoms. The molecule has 1 atom stereocenters. The van der Waals surface area contributed by atoms with E-state index in [0.717, 1.165) is 12.2 Å². The molecule has 62 valence electrons. The fourth-order valence-corrected chi connectivity index (χ4v) is 0.862. The van der Waals surface area contributed by atoms with E-state index < -0.39 is 0 Å². The zero-order chi connectivity index (χ0) is 8.10. The number of nitrogens with zero attached hydrogens (tertiary/aromatic N) is 1. The Labute approximate surface area is 65.8 Å². The van der Waals surface area contributed by atoms with Crippen molar-refractivity contribution < 1.29 is 4.74 Å². The number of hydrogen-bond donors (Lipinski definition) is 2. The largest absolute Gasteiger partial charge is 0.385 e. The van der Waals surface area contributed by atoms with Crippen LogP contribution in [0.1, 0.15) is 18.3 Å². The fraction of sp³-hybridized carbons (Fsp3) is 0.571. The second-order valence-corrected chi connectivity index (χ2v) is 2.36. The van der Waals surface area contributed by atoms with Gasteiger partial charge < -0.3 is 15.5 Å². The Bertz CT molecular complexity index is 186. The van der Waals surface area contributed by atoms with Crippen molar-refractivity contribution in [2.45, 2.75) is 12.5 Å². The lowest BCUT2D eigenvalue weighted by Gasteiger charge is -2.06. The summed E-state index contributed by atoms with van der Waals surface area (Å²) >= 11 is 0. The summed E-state index contributed by atoms with van der Waals surface area (Å²) in [6, 6.07) is -0.0371. The summed E-state index contributed by atoms with van der Waals surface area (Å²) in [4.78, 5) is 6.99.